The Morgan fingerprint density at radius 1 is 1.13 bits per heavy atom. The molecule has 0 saturated heterocycles. The normalized spacial score (nSPS) is 20.3. The second kappa shape index (κ2) is 8.49. The van der Waals surface area contributed by atoms with Gasteiger partial charge in [-0.25, -0.2) is 8.78 Å². The molecule has 9 heteroatoms. The van der Waals surface area contributed by atoms with E-state index >= 15 is 0 Å². The van der Waals surface area contributed by atoms with E-state index in [1.165, 1.54) is 24.3 Å². The summed E-state index contributed by atoms with van der Waals surface area (Å²) in [7, 11) is 0. The highest BCUT2D eigenvalue weighted by Gasteiger charge is 2.62. The predicted octanol–water partition coefficient (Wildman–Crippen LogP) is 6.76. The summed E-state index contributed by atoms with van der Waals surface area (Å²) in [5.74, 6) is -3.24. The van der Waals surface area contributed by atoms with Gasteiger partial charge in [0.05, 0.1) is 5.92 Å². The average molecular weight is 461 g/mol. The predicted molar refractivity (Wildman–Crippen MR) is 103 cm³/mol. The van der Waals surface area contributed by atoms with Gasteiger partial charge in [0.2, 0.25) is 0 Å². The lowest BCUT2D eigenvalue weighted by molar-refractivity contribution is -0.147. The van der Waals surface area contributed by atoms with Crippen LogP contribution in [0.1, 0.15) is 19.4 Å². The van der Waals surface area contributed by atoms with E-state index in [0.29, 0.717) is 5.56 Å². The summed E-state index contributed by atoms with van der Waals surface area (Å²) in [4.78, 5) is 12.4. The fraction of sp³-hybridized carbons (Fsp3) is 0.318. The van der Waals surface area contributed by atoms with Gasteiger partial charge in [-0.2, -0.15) is 13.2 Å². The van der Waals surface area contributed by atoms with Gasteiger partial charge in [0.25, 0.3) is 0 Å². The maximum Gasteiger partial charge on any atom is 0.426 e. The van der Waals surface area contributed by atoms with Crippen molar-refractivity contribution in [3.63, 3.8) is 0 Å². The number of ether oxygens (including phenoxy) is 2. The van der Waals surface area contributed by atoms with E-state index in [9.17, 15) is 26.7 Å². The molecule has 0 unspecified atom stereocenters. The van der Waals surface area contributed by atoms with E-state index in [-0.39, 0.29) is 18.1 Å². The standard InChI is InChI=1S/C22H18ClF5O3/c1-21(2)15(10-18(23)22(26,27)28)19(21)20(29)30-11-12-3-8-16(25)17(9-12)31-14-6-4-13(24)5-7-14/h3-10,15,19H,11H2,1-2H3/b18-10-/t15-,19-/m0/s1. The Morgan fingerprint density at radius 3 is 2.39 bits per heavy atom. The summed E-state index contributed by atoms with van der Waals surface area (Å²) in [6.07, 6.45) is -3.84. The van der Waals surface area contributed by atoms with Crippen LogP contribution in [0.3, 0.4) is 0 Å². The van der Waals surface area contributed by atoms with Gasteiger partial charge < -0.3 is 9.47 Å². The summed E-state index contributed by atoms with van der Waals surface area (Å²) in [6.45, 7) is 3.06. The average Bonchev–Trinajstić information content (AvgIpc) is 3.23. The molecule has 2 atom stereocenters. The van der Waals surface area contributed by atoms with Crippen LogP contribution in [0.4, 0.5) is 22.0 Å². The van der Waals surface area contributed by atoms with Crippen LogP contribution >= 0.6 is 11.6 Å². The second-order valence-electron chi connectivity index (χ2n) is 7.77. The third-order valence-electron chi connectivity index (χ3n) is 5.18. The number of hydrogen-bond acceptors (Lipinski definition) is 3. The fourth-order valence-electron chi connectivity index (χ4n) is 3.28. The van der Waals surface area contributed by atoms with Gasteiger partial charge in [-0.1, -0.05) is 37.6 Å². The first kappa shape index (κ1) is 23.1. The molecule has 1 saturated carbocycles. The minimum Gasteiger partial charge on any atom is -0.461 e. The molecule has 1 aliphatic rings. The number of carbonyl (C=O) groups is 1. The van der Waals surface area contributed by atoms with E-state index in [4.69, 9.17) is 21.1 Å². The molecule has 2 aromatic rings. The van der Waals surface area contributed by atoms with E-state index in [0.717, 1.165) is 24.3 Å². The van der Waals surface area contributed by atoms with Crippen molar-refractivity contribution in [2.75, 3.05) is 0 Å². The summed E-state index contributed by atoms with van der Waals surface area (Å²) in [6, 6.07) is 8.81. The Bertz CT molecular complexity index is 999. The molecule has 31 heavy (non-hydrogen) atoms. The molecule has 3 nitrogen and oxygen atoms in total. The molecule has 0 aliphatic heterocycles. The minimum atomic E-state index is -4.68. The number of carbonyl (C=O) groups excluding carboxylic acids is 1. The molecule has 2 aromatic carbocycles. The van der Waals surface area contributed by atoms with Gasteiger partial charge in [0.1, 0.15) is 23.2 Å². The minimum absolute atomic E-state index is 0.148. The van der Waals surface area contributed by atoms with Crippen molar-refractivity contribution in [3.8, 4) is 11.5 Å². The van der Waals surface area contributed by atoms with Gasteiger partial charge in [-0.15, -0.1) is 0 Å². The number of allylic oxidation sites excluding steroid dienone is 2. The van der Waals surface area contributed by atoms with Crippen LogP contribution in [-0.2, 0) is 16.1 Å². The van der Waals surface area contributed by atoms with Gasteiger partial charge in [-0.05, 0) is 53.3 Å². The molecular weight excluding hydrogens is 443 g/mol. The zero-order valence-corrected chi connectivity index (χ0v) is 17.2. The molecule has 1 fully saturated rings. The number of alkyl halides is 3. The molecule has 3 rings (SSSR count). The van der Waals surface area contributed by atoms with Crippen molar-refractivity contribution >= 4 is 17.6 Å². The first-order valence-corrected chi connectivity index (χ1v) is 9.60. The van der Waals surface area contributed by atoms with Crippen LogP contribution in [0, 0.1) is 28.9 Å². The maximum absolute atomic E-state index is 14.0. The van der Waals surface area contributed by atoms with Crippen molar-refractivity contribution in [3.05, 3.63) is 70.8 Å². The van der Waals surface area contributed by atoms with Crippen molar-refractivity contribution in [2.45, 2.75) is 26.6 Å². The molecule has 0 heterocycles. The van der Waals surface area contributed by atoms with Crippen LogP contribution < -0.4 is 4.74 Å². The van der Waals surface area contributed by atoms with E-state index in [1.54, 1.807) is 13.8 Å². The van der Waals surface area contributed by atoms with E-state index in [1.807, 2.05) is 0 Å². The SMILES string of the molecule is CC1(C)[C@H](C(=O)OCc2ccc(F)c(Oc3ccc(F)cc3)c2)[C@@H]1/C=C(\Cl)C(F)(F)F. The Labute approximate surface area is 180 Å². The number of halogens is 6. The quantitative estimate of drug-likeness (QED) is 0.353. The highest BCUT2D eigenvalue weighted by Crippen LogP contribution is 2.60. The van der Waals surface area contributed by atoms with Crippen molar-refractivity contribution < 1.29 is 36.2 Å². The topological polar surface area (TPSA) is 35.5 Å². The third kappa shape index (κ3) is 5.36. The molecular formula is C22H18ClF5O3. The largest absolute Gasteiger partial charge is 0.461 e. The van der Waals surface area contributed by atoms with Crippen LogP contribution in [0.15, 0.2) is 53.6 Å². The molecule has 0 aromatic heterocycles. The Balaban J connectivity index is 1.65. The molecule has 1 aliphatic carbocycles. The molecule has 0 N–H and O–H groups in total. The maximum atomic E-state index is 14.0. The smallest absolute Gasteiger partial charge is 0.426 e. The zero-order valence-electron chi connectivity index (χ0n) is 16.5. The highest BCUT2D eigenvalue weighted by atomic mass is 35.5. The Hall–Kier alpha value is -2.61. The van der Waals surface area contributed by atoms with Gasteiger partial charge in [0, 0.05) is 0 Å². The Morgan fingerprint density at radius 2 is 1.77 bits per heavy atom. The lowest BCUT2D eigenvalue weighted by atomic mass is 10.1. The molecule has 0 amide bonds. The summed E-state index contributed by atoms with van der Waals surface area (Å²) in [5.41, 5.74) is -0.326. The van der Waals surface area contributed by atoms with Crippen LogP contribution in [0.2, 0.25) is 0 Å². The van der Waals surface area contributed by atoms with E-state index in [2.05, 4.69) is 0 Å². The number of esters is 1. The molecule has 0 spiro atoms. The second-order valence-corrected chi connectivity index (χ2v) is 8.17. The van der Waals surface area contributed by atoms with Gasteiger partial charge >= 0.3 is 12.1 Å². The van der Waals surface area contributed by atoms with Crippen LogP contribution in [-0.4, -0.2) is 12.1 Å². The lowest BCUT2D eigenvalue weighted by Gasteiger charge is -2.10. The van der Waals surface area contributed by atoms with Crippen molar-refractivity contribution in [1.29, 1.82) is 0 Å². The number of rotatable bonds is 6. The first-order valence-electron chi connectivity index (χ1n) is 9.22. The highest BCUT2D eigenvalue weighted by molar-refractivity contribution is 6.30. The zero-order chi connectivity index (χ0) is 23.0. The lowest BCUT2D eigenvalue weighted by Crippen LogP contribution is -2.11. The van der Waals surface area contributed by atoms with Crippen LogP contribution in [0.25, 0.3) is 0 Å². The first-order chi connectivity index (χ1) is 14.4. The van der Waals surface area contributed by atoms with Crippen LogP contribution in [0.5, 0.6) is 11.5 Å². The van der Waals surface area contributed by atoms with Gasteiger partial charge in [0.15, 0.2) is 11.6 Å². The van der Waals surface area contributed by atoms with Gasteiger partial charge in [-0.3, -0.25) is 4.79 Å². The van der Waals surface area contributed by atoms with Crippen molar-refractivity contribution in [2.24, 2.45) is 17.3 Å². The third-order valence-corrected chi connectivity index (χ3v) is 5.52. The summed E-state index contributed by atoms with van der Waals surface area (Å²) < 4.78 is 75.6. The molecule has 0 bridgehead atoms. The van der Waals surface area contributed by atoms with Crippen molar-refractivity contribution in [1.82, 2.24) is 0 Å². The molecule has 0 radical (unpaired) electrons. The number of benzene rings is 2. The number of hydrogen-bond donors (Lipinski definition) is 0. The fourth-order valence-corrected chi connectivity index (χ4v) is 3.42. The van der Waals surface area contributed by atoms with E-state index < -0.39 is 46.1 Å². The Kier molecular flexibility index (Phi) is 6.32. The molecule has 166 valence electrons. The summed E-state index contributed by atoms with van der Waals surface area (Å²) in [5, 5.41) is -1.28. The summed E-state index contributed by atoms with van der Waals surface area (Å²) >= 11 is 5.28. The monoisotopic (exact) mass is 460 g/mol.